The number of aliphatic hydroxyl groups is 1. The molecular formula is C33H40O11. The van der Waals surface area contributed by atoms with Crippen LogP contribution in [0, 0.1) is 23.7 Å². The molecule has 0 radical (unpaired) electrons. The molecule has 0 bridgehead atoms. The maximum atomic E-state index is 14.6. The monoisotopic (exact) mass is 612 g/mol. The predicted molar refractivity (Wildman–Crippen MR) is 149 cm³/mol. The molecule has 7 fully saturated rings. The van der Waals surface area contributed by atoms with Gasteiger partial charge in [-0.1, -0.05) is 13.0 Å². The average Bonchev–Trinajstić information content (AvgIpc) is 3.10. The third kappa shape index (κ3) is 3.26. The van der Waals surface area contributed by atoms with Crippen molar-refractivity contribution in [3.05, 3.63) is 23.3 Å². The fourth-order valence-electron chi connectivity index (χ4n) is 10.7. The summed E-state index contributed by atoms with van der Waals surface area (Å²) in [4.78, 5) is 53.1. The molecule has 238 valence electrons. The van der Waals surface area contributed by atoms with Crippen LogP contribution >= 0.6 is 0 Å². The second-order valence-corrected chi connectivity index (χ2v) is 15.0. The third-order valence-electron chi connectivity index (χ3n) is 12.5. The van der Waals surface area contributed by atoms with Gasteiger partial charge in [0.25, 0.3) is 0 Å². The molecule has 11 nitrogen and oxygen atoms in total. The van der Waals surface area contributed by atoms with Crippen molar-refractivity contribution in [1.82, 2.24) is 0 Å². The maximum Gasteiger partial charge on any atom is 0.334 e. The number of allylic oxidation sites excluding steroid dienone is 1. The summed E-state index contributed by atoms with van der Waals surface area (Å²) in [6.07, 6.45) is 0.751. The van der Waals surface area contributed by atoms with Crippen LogP contribution in [0.3, 0.4) is 0 Å². The van der Waals surface area contributed by atoms with Crippen molar-refractivity contribution in [1.29, 1.82) is 0 Å². The standard InChI is InChI=1S/C33H40O11/c1-7-14(2)27(36)40-19-10-20-29(5,6)41-22-11-24(35)43-31(20,22)13-30(38)12-21(34)32-17(9-23-33(32,42-23)26(19)30)16(4)25(44-32)18-8-15(3)28(37)39-18/h7-8,16-20,22-23,25-26,38H,9-13H2,1-6H3/b14-7-/t16-,17+,18-,19+,20-,22+,23-,25-,26+,30-,31+,32+,33+/m0/s1. The highest BCUT2D eigenvalue weighted by Crippen LogP contribution is 2.75. The zero-order chi connectivity index (χ0) is 31.4. The van der Waals surface area contributed by atoms with E-state index in [2.05, 4.69) is 0 Å². The lowest BCUT2D eigenvalue weighted by Gasteiger charge is -2.53. The Hall–Kier alpha value is -2.60. The first kappa shape index (κ1) is 28.8. The number of rotatable bonds is 3. The van der Waals surface area contributed by atoms with E-state index in [0.29, 0.717) is 17.6 Å². The number of ether oxygens (including phenoxy) is 6. The Bertz CT molecular complexity index is 1460. The fraction of sp³-hybridized carbons (Fsp3) is 0.758. The van der Waals surface area contributed by atoms with Gasteiger partial charge in [-0.2, -0.15) is 0 Å². The molecule has 3 aliphatic carbocycles. The summed E-state index contributed by atoms with van der Waals surface area (Å²) in [6.45, 7) is 11.0. The van der Waals surface area contributed by atoms with Crippen molar-refractivity contribution >= 4 is 23.7 Å². The number of hydrogen-bond acceptors (Lipinski definition) is 11. The third-order valence-corrected chi connectivity index (χ3v) is 12.5. The first-order valence-electron chi connectivity index (χ1n) is 15.9. The van der Waals surface area contributed by atoms with Gasteiger partial charge in [-0.05, 0) is 59.5 Å². The number of Topliss-reactive ketones (excluding diaryl/α,β-unsaturated/α-hetero) is 1. The van der Waals surface area contributed by atoms with E-state index in [1.807, 2.05) is 20.8 Å². The van der Waals surface area contributed by atoms with Crippen molar-refractivity contribution < 1.29 is 52.7 Å². The molecule has 8 aliphatic rings. The van der Waals surface area contributed by atoms with Crippen molar-refractivity contribution in [3.8, 4) is 0 Å². The largest absolute Gasteiger partial charge is 0.458 e. The van der Waals surface area contributed by atoms with Gasteiger partial charge in [-0.15, -0.1) is 0 Å². The highest BCUT2D eigenvalue weighted by molar-refractivity contribution is 5.94. The second-order valence-electron chi connectivity index (χ2n) is 15.0. The van der Waals surface area contributed by atoms with E-state index in [1.165, 1.54) is 0 Å². The van der Waals surface area contributed by atoms with Crippen molar-refractivity contribution in [3.63, 3.8) is 0 Å². The van der Waals surface area contributed by atoms with Gasteiger partial charge < -0.3 is 33.5 Å². The quantitative estimate of drug-likeness (QED) is 0.217. The Morgan fingerprint density at radius 1 is 1.11 bits per heavy atom. The minimum atomic E-state index is -1.75. The summed E-state index contributed by atoms with van der Waals surface area (Å²) >= 11 is 0. The number of carbonyl (C=O) groups is 4. The SMILES string of the molecule is C/C=C(/C)C(=O)O[C@@H]1C[C@H]2C(C)(C)O[C@@H]3CC(=O)O[C@@]32C[C@@]2(O)CC(=O)[C@]34O[C@H]([C@@H]5C=C(C)C(=O)O5)[C@@H](C)[C@H]3C[C@@H]3O[C@@]34[C@H]12. The molecule has 3 saturated carbocycles. The average molecular weight is 613 g/mol. The van der Waals surface area contributed by atoms with Crippen LogP contribution in [0.1, 0.15) is 73.6 Å². The topological polar surface area (TPSA) is 147 Å². The van der Waals surface area contributed by atoms with Crippen LogP contribution in [0.4, 0.5) is 0 Å². The van der Waals surface area contributed by atoms with Gasteiger partial charge in [0.2, 0.25) is 0 Å². The summed E-state index contributed by atoms with van der Waals surface area (Å²) < 4.78 is 37.9. The molecule has 13 atom stereocenters. The van der Waals surface area contributed by atoms with Crippen LogP contribution in [-0.4, -0.2) is 87.3 Å². The van der Waals surface area contributed by atoms with E-state index in [4.69, 9.17) is 28.4 Å². The molecule has 3 spiro atoms. The van der Waals surface area contributed by atoms with Gasteiger partial charge >= 0.3 is 17.9 Å². The number of ketones is 1. The molecule has 1 N–H and O–H groups in total. The highest BCUT2D eigenvalue weighted by atomic mass is 16.7. The van der Waals surface area contributed by atoms with E-state index < -0.39 is 88.3 Å². The Morgan fingerprint density at radius 2 is 1.86 bits per heavy atom. The molecule has 0 aromatic rings. The molecule has 44 heavy (non-hydrogen) atoms. The smallest absolute Gasteiger partial charge is 0.334 e. The van der Waals surface area contributed by atoms with Crippen molar-refractivity contribution in [2.45, 2.75) is 132 Å². The summed E-state index contributed by atoms with van der Waals surface area (Å²) in [5.41, 5.74) is -5.48. The second kappa shape index (κ2) is 8.60. The Balaban J connectivity index is 1.26. The molecular weight excluding hydrogens is 572 g/mol. The highest BCUT2D eigenvalue weighted by Gasteiger charge is 2.92. The van der Waals surface area contributed by atoms with Crippen LogP contribution in [0.2, 0.25) is 0 Å². The molecule has 5 aliphatic heterocycles. The number of carbonyl (C=O) groups excluding carboxylic acids is 4. The molecule has 0 amide bonds. The molecule has 11 heteroatoms. The van der Waals surface area contributed by atoms with Crippen LogP contribution < -0.4 is 0 Å². The normalized spacial score (nSPS) is 52.9. The van der Waals surface area contributed by atoms with Gasteiger partial charge in [-0.25, -0.2) is 9.59 Å². The van der Waals surface area contributed by atoms with Crippen molar-refractivity contribution in [2.24, 2.45) is 23.7 Å². The minimum Gasteiger partial charge on any atom is -0.458 e. The van der Waals surface area contributed by atoms with Crippen LogP contribution in [0.15, 0.2) is 23.3 Å². The van der Waals surface area contributed by atoms with E-state index in [1.54, 1.807) is 32.9 Å². The molecule has 0 aromatic heterocycles. The first-order chi connectivity index (χ1) is 20.6. The molecule has 4 saturated heterocycles. The van der Waals surface area contributed by atoms with E-state index >= 15 is 0 Å². The molecule has 8 rings (SSSR count). The Morgan fingerprint density at radius 3 is 2.55 bits per heavy atom. The number of fused-ring (bicyclic) bond motifs is 1. The molecule has 0 unspecified atom stereocenters. The Kier molecular flexibility index (Phi) is 5.64. The zero-order valence-electron chi connectivity index (χ0n) is 25.9. The molecule has 5 heterocycles. The summed E-state index contributed by atoms with van der Waals surface area (Å²) in [6, 6.07) is 0. The van der Waals surface area contributed by atoms with Gasteiger partial charge in [0.05, 0.1) is 29.6 Å². The van der Waals surface area contributed by atoms with Crippen LogP contribution in [-0.2, 0) is 47.6 Å². The van der Waals surface area contributed by atoms with Gasteiger partial charge in [0.1, 0.15) is 35.6 Å². The maximum absolute atomic E-state index is 14.6. The number of esters is 3. The Labute approximate surface area is 255 Å². The summed E-state index contributed by atoms with van der Waals surface area (Å²) in [5, 5.41) is 12.8. The fourth-order valence-corrected chi connectivity index (χ4v) is 10.7. The minimum absolute atomic E-state index is 0.0440. The number of cyclic esters (lactones) is 1. The van der Waals surface area contributed by atoms with Crippen LogP contribution in [0.5, 0.6) is 0 Å². The van der Waals surface area contributed by atoms with E-state index in [9.17, 15) is 24.3 Å². The number of epoxide rings is 1. The lowest BCUT2D eigenvalue weighted by molar-refractivity contribution is -0.224. The summed E-state index contributed by atoms with van der Waals surface area (Å²) in [5.74, 6) is -3.32. The van der Waals surface area contributed by atoms with Gasteiger partial charge in [0.15, 0.2) is 11.4 Å². The lowest BCUT2D eigenvalue weighted by Crippen LogP contribution is -2.71. The zero-order valence-corrected chi connectivity index (χ0v) is 25.9. The number of hydrogen-bond donors (Lipinski definition) is 1. The molecule has 0 aromatic carbocycles. The summed E-state index contributed by atoms with van der Waals surface area (Å²) in [7, 11) is 0. The van der Waals surface area contributed by atoms with E-state index in [-0.39, 0.29) is 43.3 Å². The van der Waals surface area contributed by atoms with Gasteiger partial charge in [0, 0.05) is 35.8 Å². The van der Waals surface area contributed by atoms with E-state index in [0.717, 1.165) is 0 Å². The lowest BCUT2D eigenvalue weighted by atomic mass is 9.56. The first-order valence-corrected chi connectivity index (χ1v) is 15.9. The predicted octanol–water partition coefficient (Wildman–Crippen LogP) is 2.26. The van der Waals surface area contributed by atoms with Crippen molar-refractivity contribution in [2.75, 3.05) is 0 Å². The van der Waals surface area contributed by atoms with Gasteiger partial charge in [-0.3, -0.25) is 9.59 Å². The van der Waals surface area contributed by atoms with Crippen LogP contribution in [0.25, 0.3) is 0 Å².